The second-order valence-electron chi connectivity index (χ2n) is 4.69. The van der Waals surface area contributed by atoms with E-state index in [0.29, 0.717) is 24.4 Å². The third-order valence-electron chi connectivity index (χ3n) is 3.12. The molecule has 1 aromatic heterocycles. The van der Waals surface area contributed by atoms with Crippen molar-refractivity contribution in [2.45, 2.75) is 33.3 Å². The van der Waals surface area contributed by atoms with E-state index >= 15 is 0 Å². The number of hydrogen-bond acceptors (Lipinski definition) is 5. The molecule has 1 fully saturated rings. The number of rotatable bonds is 4. The highest BCUT2D eigenvalue weighted by Gasteiger charge is 2.23. The van der Waals surface area contributed by atoms with Crippen LogP contribution in [0.15, 0.2) is 6.07 Å². The predicted molar refractivity (Wildman–Crippen MR) is 69.0 cm³/mol. The summed E-state index contributed by atoms with van der Waals surface area (Å²) in [6, 6.07) is 2.23. The Morgan fingerprint density at radius 1 is 1.44 bits per heavy atom. The molecule has 0 radical (unpaired) electrons. The molecule has 2 atom stereocenters. The van der Waals surface area contributed by atoms with E-state index in [0.717, 1.165) is 25.2 Å². The zero-order valence-corrected chi connectivity index (χ0v) is 11.3. The molecule has 1 aromatic rings. The van der Waals surface area contributed by atoms with Gasteiger partial charge in [-0.2, -0.15) is 4.98 Å². The molecule has 2 unspecified atom stereocenters. The molecule has 5 nitrogen and oxygen atoms in total. The summed E-state index contributed by atoms with van der Waals surface area (Å²) in [5, 5.41) is 3.33. The van der Waals surface area contributed by atoms with Crippen LogP contribution in [0.3, 0.4) is 0 Å². The molecule has 1 aliphatic rings. The molecular formula is C13H21N3O2. The first kappa shape index (κ1) is 13.1. The molecule has 0 saturated carbocycles. The van der Waals surface area contributed by atoms with Crippen LogP contribution in [0.4, 0.5) is 0 Å². The lowest BCUT2D eigenvalue weighted by atomic mass is 9.97. The first-order chi connectivity index (χ1) is 8.69. The fourth-order valence-corrected chi connectivity index (χ4v) is 2.04. The monoisotopic (exact) mass is 251 g/mol. The lowest BCUT2D eigenvalue weighted by Crippen LogP contribution is -2.43. The SMILES string of the molecule is CCOc1cc(C)nc(OC2CNCCC2C)n1. The van der Waals surface area contributed by atoms with Gasteiger partial charge < -0.3 is 14.8 Å². The van der Waals surface area contributed by atoms with Crippen LogP contribution in [-0.4, -0.2) is 35.8 Å². The van der Waals surface area contributed by atoms with Crippen LogP contribution in [0.5, 0.6) is 11.9 Å². The molecule has 18 heavy (non-hydrogen) atoms. The Morgan fingerprint density at radius 2 is 2.28 bits per heavy atom. The van der Waals surface area contributed by atoms with Gasteiger partial charge >= 0.3 is 6.01 Å². The molecule has 1 aliphatic heterocycles. The van der Waals surface area contributed by atoms with Crippen molar-refractivity contribution in [2.24, 2.45) is 5.92 Å². The van der Waals surface area contributed by atoms with Gasteiger partial charge in [0.05, 0.1) is 6.61 Å². The average Bonchev–Trinajstić information content (AvgIpc) is 2.32. The van der Waals surface area contributed by atoms with Crippen LogP contribution in [0.1, 0.15) is 26.0 Å². The van der Waals surface area contributed by atoms with Crippen molar-refractivity contribution in [3.63, 3.8) is 0 Å². The van der Waals surface area contributed by atoms with Crippen LogP contribution in [0.2, 0.25) is 0 Å². The average molecular weight is 251 g/mol. The van der Waals surface area contributed by atoms with Gasteiger partial charge in [0, 0.05) is 18.3 Å². The summed E-state index contributed by atoms with van der Waals surface area (Å²) in [6.07, 6.45) is 1.25. The Balaban J connectivity index is 2.07. The first-order valence-corrected chi connectivity index (χ1v) is 6.55. The fourth-order valence-electron chi connectivity index (χ4n) is 2.04. The van der Waals surface area contributed by atoms with Gasteiger partial charge in [0.1, 0.15) is 6.10 Å². The summed E-state index contributed by atoms with van der Waals surface area (Å²) in [7, 11) is 0. The van der Waals surface area contributed by atoms with Gasteiger partial charge in [0.25, 0.3) is 0 Å². The Bertz CT molecular complexity index is 398. The molecule has 100 valence electrons. The smallest absolute Gasteiger partial charge is 0.320 e. The third-order valence-corrected chi connectivity index (χ3v) is 3.12. The second kappa shape index (κ2) is 6.00. The molecule has 0 spiro atoms. The number of nitrogens with one attached hydrogen (secondary N) is 1. The standard InChI is InChI=1S/C13H21N3O2/c1-4-17-12-7-10(3)15-13(16-12)18-11-8-14-6-5-9(11)2/h7,9,11,14H,4-6,8H2,1-3H3. The van der Waals surface area contributed by atoms with Crippen LogP contribution >= 0.6 is 0 Å². The lowest BCUT2D eigenvalue weighted by Gasteiger charge is -2.29. The van der Waals surface area contributed by atoms with E-state index in [2.05, 4.69) is 22.2 Å². The topological polar surface area (TPSA) is 56.3 Å². The van der Waals surface area contributed by atoms with E-state index in [-0.39, 0.29) is 6.10 Å². The Kier molecular flexibility index (Phi) is 4.36. The van der Waals surface area contributed by atoms with Gasteiger partial charge in [-0.1, -0.05) is 6.92 Å². The summed E-state index contributed by atoms with van der Waals surface area (Å²) >= 11 is 0. The molecule has 2 heterocycles. The van der Waals surface area contributed by atoms with Gasteiger partial charge in [0.15, 0.2) is 0 Å². The molecule has 1 N–H and O–H groups in total. The minimum atomic E-state index is 0.134. The van der Waals surface area contributed by atoms with Gasteiger partial charge in [-0.05, 0) is 32.7 Å². The first-order valence-electron chi connectivity index (χ1n) is 6.55. The van der Waals surface area contributed by atoms with Gasteiger partial charge in [-0.15, -0.1) is 0 Å². The van der Waals surface area contributed by atoms with Crippen molar-refractivity contribution in [1.29, 1.82) is 0 Å². The number of hydrogen-bond donors (Lipinski definition) is 1. The van der Waals surface area contributed by atoms with Crippen LogP contribution < -0.4 is 14.8 Å². The van der Waals surface area contributed by atoms with Crippen LogP contribution in [-0.2, 0) is 0 Å². The summed E-state index contributed by atoms with van der Waals surface area (Å²) in [5.74, 6) is 1.10. The molecule has 1 saturated heterocycles. The van der Waals surface area contributed by atoms with E-state index in [1.807, 2.05) is 19.9 Å². The Hall–Kier alpha value is -1.36. The van der Waals surface area contributed by atoms with E-state index in [1.165, 1.54) is 0 Å². The normalized spacial score (nSPS) is 23.7. The number of aromatic nitrogens is 2. The summed E-state index contributed by atoms with van der Waals surface area (Å²) in [4.78, 5) is 8.57. The summed E-state index contributed by atoms with van der Waals surface area (Å²) in [5.41, 5.74) is 0.861. The van der Waals surface area contributed by atoms with Crippen molar-refractivity contribution in [3.8, 4) is 11.9 Å². The maximum absolute atomic E-state index is 5.87. The highest BCUT2D eigenvalue weighted by atomic mass is 16.5. The Labute approximate surface area is 108 Å². The highest BCUT2D eigenvalue weighted by Crippen LogP contribution is 2.19. The maximum atomic E-state index is 5.87. The van der Waals surface area contributed by atoms with E-state index < -0.39 is 0 Å². The molecule has 0 aromatic carbocycles. The molecule has 0 amide bonds. The lowest BCUT2D eigenvalue weighted by molar-refractivity contribution is 0.103. The minimum Gasteiger partial charge on any atom is -0.478 e. The summed E-state index contributed by atoms with van der Waals surface area (Å²) < 4.78 is 11.3. The number of piperidine rings is 1. The van der Waals surface area contributed by atoms with Crippen LogP contribution in [0.25, 0.3) is 0 Å². The van der Waals surface area contributed by atoms with Gasteiger partial charge in [0.2, 0.25) is 5.88 Å². The molecular weight excluding hydrogens is 230 g/mol. The van der Waals surface area contributed by atoms with E-state index in [4.69, 9.17) is 9.47 Å². The largest absolute Gasteiger partial charge is 0.478 e. The quantitative estimate of drug-likeness (QED) is 0.880. The highest BCUT2D eigenvalue weighted by molar-refractivity contribution is 5.17. The number of ether oxygens (including phenoxy) is 2. The van der Waals surface area contributed by atoms with Crippen molar-refractivity contribution in [3.05, 3.63) is 11.8 Å². The van der Waals surface area contributed by atoms with E-state index in [9.17, 15) is 0 Å². The third kappa shape index (κ3) is 3.32. The number of nitrogens with zero attached hydrogens (tertiary/aromatic N) is 2. The number of aryl methyl sites for hydroxylation is 1. The zero-order valence-electron chi connectivity index (χ0n) is 11.3. The molecule has 2 rings (SSSR count). The summed E-state index contributed by atoms with van der Waals surface area (Å²) in [6.45, 7) is 8.55. The van der Waals surface area contributed by atoms with Crippen molar-refractivity contribution < 1.29 is 9.47 Å². The van der Waals surface area contributed by atoms with Crippen LogP contribution in [0, 0.1) is 12.8 Å². The molecule has 0 bridgehead atoms. The van der Waals surface area contributed by atoms with Crippen molar-refractivity contribution in [2.75, 3.05) is 19.7 Å². The second-order valence-corrected chi connectivity index (χ2v) is 4.69. The minimum absolute atomic E-state index is 0.134. The van der Waals surface area contributed by atoms with E-state index in [1.54, 1.807) is 0 Å². The van der Waals surface area contributed by atoms with Crippen molar-refractivity contribution in [1.82, 2.24) is 15.3 Å². The maximum Gasteiger partial charge on any atom is 0.320 e. The fraction of sp³-hybridized carbons (Fsp3) is 0.692. The predicted octanol–water partition coefficient (Wildman–Crippen LogP) is 1.56. The molecule has 0 aliphatic carbocycles. The molecule has 5 heteroatoms. The van der Waals surface area contributed by atoms with Gasteiger partial charge in [-0.3, -0.25) is 0 Å². The van der Waals surface area contributed by atoms with Gasteiger partial charge in [-0.25, -0.2) is 4.98 Å². The zero-order chi connectivity index (χ0) is 13.0. The van der Waals surface area contributed by atoms with Crippen molar-refractivity contribution >= 4 is 0 Å². The Morgan fingerprint density at radius 3 is 3.00 bits per heavy atom.